The van der Waals surface area contributed by atoms with Crippen LogP contribution in [0, 0.1) is 11.3 Å². The number of halogens is 1. The van der Waals surface area contributed by atoms with E-state index in [0.717, 1.165) is 17.7 Å². The molecule has 0 saturated heterocycles. The molecule has 1 N–H and O–H groups in total. The summed E-state index contributed by atoms with van der Waals surface area (Å²) in [6.45, 7) is 2.89. The lowest BCUT2D eigenvalue weighted by Crippen LogP contribution is -2.00. The van der Waals surface area contributed by atoms with Crippen LogP contribution in [-0.4, -0.2) is 0 Å². The third-order valence-corrected chi connectivity index (χ3v) is 3.75. The van der Waals surface area contributed by atoms with Gasteiger partial charge in [0.2, 0.25) is 0 Å². The summed E-state index contributed by atoms with van der Waals surface area (Å²) >= 11 is 5.93. The van der Waals surface area contributed by atoms with Crippen molar-refractivity contribution in [2.75, 3.05) is 5.32 Å². The Hall–Kier alpha value is -1.98. The van der Waals surface area contributed by atoms with Crippen molar-refractivity contribution in [2.45, 2.75) is 32.7 Å². The molecule has 0 aliphatic rings. The molecule has 0 heterocycles. The zero-order valence-electron chi connectivity index (χ0n) is 12.2. The van der Waals surface area contributed by atoms with Crippen LogP contribution in [0.15, 0.2) is 42.5 Å². The molecule has 2 nitrogen and oxygen atoms in total. The van der Waals surface area contributed by atoms with Gasteiger partial charge in [-0.05, 0) is 48.2 Å². The van der Waals surface area contributed by atoms with Gasteiger partial charge in [-0.1, -0.05) is 43.1 Å². The van der Waals surface area contributed by atoms with E-state index in [1.165, 1.54) is 18.4 Å². The molecular formula is C18H19ClN2. The molecular weight excluding hydrogens is 280 g/mol. The maximum atomic E-state index is 8.97. The number of aryl methyl sites for hydroxylation is 1. The van der Waals surface area contributed by atoms with Gasteiger partial charge in [-0.15, -0.1) is 0 Å². The Balaban J connectivity index is 1.95. The van der Waals surface area contributed by atoms with E-state index in [1.54, 1.807) is 6.07 Å². The Kier molecular flexibility index (Phi) is 5.66. The molecule has 0 spiro atoms. The first-order valence-electron chi connectivity index (χ1n) is 7.24. The molecule has 3 heteroatoms. The molecule has 0 amide bonds. The van der Waals surface area contributed by atoms with E-state index in [0.29, 0.717) is 17.1 Å². The minimum atomic E-state index is 0.501. The first-order valence-corrected chi connectivity index (χ1v) is 7.62. The number of nitrogens with one attached hydrogen (secondary N) is 1. The smallest absolute Gasteiger partial charge is 0.101 e. The Morgan fingerprint density at radius 2 is 1.81 bits per heavy atom. The van der Waals surface area contributed by atoms with Gasteiger partial charge in [0.15, 0.2) is 0 Å². The van der Waals surface area contributed by atoms with E-state index in [2.05, 4.69) is 42.6 Å². The summed E-state index contributed by atoms with van der Waals surface area (Å²) < 4.78 is 0. The molecule has 108 valence electrons. The second kappa shape index (κ2) is 7.71. The number of nitriles is 1. The molecule has 0 aliphatic carbocycles. The summed E-state index contributed by atoms with van der Waals surface area (Å²) in [6.07, 6.45) is 3.59. The van der Waals surface area contributed by atoms with Crippen molar-refractivity contribution in [3.63, 3.8) is 0 Å². The molecule has 0 atom stereocenters. The molecule has 2 aromatic carbocycles. The van der Waals surface area contributed by atoms with Crippen LogP contribution in [0.4, 0.5) is 5.69 Å². The Morgan fingerprint density at radius 3 is 2.48 bits per heavy atom. The summed E-state index contributed by atoms with van der Waals surface area (Å²) in [7, 11) is 0. The van der Waals surface area contributed by atoms with E-state index in [1.807, 2.05) is 12.1 Å². The predicted molar refractivity (Wildman–Crippen MR) is 88.5 cm³/mol. The average molecular weight is 299 g/mol. The zero-order chi connectivity index (χ0) is 15.1. The third kappa shape index (κ3) is 4.51. The molecule has 0 fully saturated rings. The van der Waals surface area contributed by atoms with Crippen molar-refractivity contribution >= 4 is 17.3 Å². The number of hydrogen-bond donors (Lipinski definition) is 1. The van der Waals surface area contributed by atoms with Crippen molar-refractivity contribution in [2.24, 2.45) is 0 Å². The van der Waals surface area contributed by atoms with Gasteiger partial charge in [0, 0.05) is 12.2 Å². The van der Waals surface area contributed by atoms with Crippen molar-refractivity contribution in [3.05, 3.63) is 64.2 Å². The van der Waals surface area contributed by atoms with Gasteiger partial charge in [0.1, 0.15) is 6.07 Å². The highest BCUT2D eigenvalue weighted by Gasteiger charge is 2.01. The zero-order valence-corrected chi connectivity index (χ0v) is 13.0. The van der Waals surface area contributed by atoms with Gasteiger partial charge < -0.3 is 5.32 Å². The largest absolute Gasteiger partial charge is 0.381 e. The molecule has 2 aromatic rings. The maximum Gasteiger partial charge on any atom is 0.101 e. The maximum absolute atomic E-state index is 8.97. The quantitative estimate of drug-likeness (QED) is 0.799. The summed E-state index contributed by atoms with van der Waals surface area (Å²) in [4.78, 5) is 0. The first-order chi connectivity index (χ1) is 10.2. The van der Waals surface area contributed by atoms with Gasteiger partial charge in [-0.3, -0.25) is 0 Å². The monoisotopic (exact) mass is 298 g/mol. The lowest BCUT2D eigenvalue weighted by Gasteiger charge is -2.08. The van der Waals surface area contributed by atoms with Crippen molar-refractivity contribution in [1.82, 2.24) is 0 Å². The van der Waals surface area contributed by atoms with Crippen molar-refractivity contribution in [3.8, 4) is 6.07 Å². The van der Waals surface area contributed by atoms with E-state index >= 15 is 0 Å². The standard InChI is InChI=1S/C18H19ClN2/c1-2-3-4-14-5-8-17(9-6-14)21-13-15-7-10-18(19)16(11-15)12-20/h5-11,21H,2-4,13H2,1H3. The molecule has 0 aromatic heterocycles. The van der Waals surface area contributed by atoms with E-state index in [4.69, 9.17) is 16.9 Å². The van der Waals surface area contributed by atoms with Crippen LogP contribution >= 0.6 is 11.6 Å². The van der Waals surface area contributed by atoms with Gasteiger partial charge in [-0.25, -0.2) is 0 Å². The molecule has 0 unspecified atom stereocenters. The number of hydrogen-bond acceptors (Lipinski definition) is 2. The lowest BCUT2D eigenvalue weighted by atomic mass is 10.1. The third-order valence-electron chi connectivity index (χ3n) is 3.42. The lowest BCUT2D eigenvalue weighted by molar-refractivity contribution is 0.795. The second-order valence-corrected chi connectivity index (χ2v) is 5.49. The SMILES string of the molecule is CCCCc1ccc(NCc2ccc(Cl)c(C#N)c2)cc1. The minimum Gasteiger partial charge on any atom is -0.381 e. The highest BCUT2D eigenvalue weighted by Crippen LogP contribution is 2.18. The van der Waals surface area contributed by atoms with Crippen LogP contribution in [0.1, 0.15) is 36.5 Å². The fourth-order valence-electron chi connectivity index (χ4n) is 2.14. The van der Waals surface area contributed by atoms with Crippen LogP contribution in [0.3, 0.4) is 0 Å². The summed E-state index contributed by atoms with van der Waals surface area (Å²) in [5.41, 5.74) is 4.03. The van der Waals surface area contributed by atoms with Gasteiger partial charge in [0.05, 0.1) is 10.6 Å². The van der Waals surface area contributed by atoms with E-state index < -0.39 is 0 Å². The number of rotatable bonds is 6. The number of benzene rings is 2. The minimum absolute atomic E-state index is 0.501. The predicted octanol–water partition coefficient (Wildman–Crippen LogP) is 5.17. The Morgan fingerprint density at radius 1 is 1.10 bits per heavy atom. The molecule has 0 radical (unpaired) electrons. The van der Waals surface area contributed by atoms with Gasteiger partial charge in [-0.2, -0.15) is 5.26 Å². The van der Waals surface area contributed by atoms with Crippen LogP contribution < -0.4 is 5.32 Å². The Bertz CT molecular complexity index is 627. The normalized spacial score (nSPS) is 10.1. The number of anilines is 1. The summed E-state index contributed by atoms with van der Waals surface area (Å²) in [6, 6.07) is 16.2. The number of unbranched alkanes of at least 4 members (excludes halogenated alkanes) is 1. The van der Waals surface area contributed by atoms with Crippen molar-refractivity contribution < 1.29 is 0 Å². The highest BCUT2D eigenvalue weighted by molar-refractivity contribution is 6.31. The van der Waals surface area contributed by atoms with E-state index in [-0.39, 0.29) is 0 Å². The summed E-state index contributed by atoms with van der Waals surface area (Å²) in [5.74, 6) is 0. The highest BCUT2D eigenvalue weighted by atomic mass is 35.5. The Labute approximate surface area is 131 Å². The molecule has 0 aliphatic heterocycles. The van der Waals surface area contributed by atoms with E-state index in [9.17, 15) is 0 Å². The van der Waals surface area contributed by atoms with Crippen LogP contribution in [0.5, 0.6) is 0 Å². The molecule has 0 bridgehead atoms. The summed E-state index contributed by atoms with van der Waals surface area (Å²) in [5, 5.41) is 12.8. The molecule has 0 saturated carbocycles. The fourth-order valence-corrected chi connectivity index (χ4v) is 2.30. The van der Waals surface area contributed by atoms with Gasteiger partial charge in [0.25, 0.3) is 0 Å². The molecule has 21 heavy (non-hydrogen) atoms. The van der Waals surface area contributed by atoms with Crippen LogP contribution in [0.2, 0.25) is 5.02 Å². The first kappa shape index (κ1) is 15.4. The molecule has 2 rings (SSSR count). The second-order valence-electron chi connectivity index (χ2n) is 5.08. The van der Waals surface area contributed by atoms with Crippen LogP contribution in [0.25, 0.3) is 0 Å². The van der Waals surface area contributed by atoms with Crippen LogP contribution in [-0.2, 0) is 13.0 Å². The average Bonchev–Trinajstić information content (AvgIpc) is 2.53. The van der Waals surface area contributed by atoms with Crippen molar-refractivity contribution in [1.29, 1.82) is 5.26 Å². The number of nitrogens with zero attached hydrogens (tertiary/aromatic N) is 1. The van der Waals surface area contributed by atoms with Gasteiger partial charge >= 0.3 is 0 Å². The topological polar surface area (TPSA) is 35.8 Å². The fraction of sp³-hybridized carbons (Fsp3) is 0.278.